The smallest absolute Gasteiger partial charge is 0.127 e. The predicted molar refractivity (Wildman–Crippen MR) is 79.8 cm³/mol. The van der Waals surface area contributed by atoms with Crippen LogP contribution in [0.3, 0.4) is 0 Å². The van der Waals surface area contributed by atoms with Gasteiger partial charge in [0, 0.05) is 0 Å². The van der Waals surface area contributed by atoms with Crippen LogP contribution in [0.4, 0.5) is 4.39 Å². The summed E-state index contributed by atoms with van der Waals surface area (Å²) in [6.45, 7) is 1.84. The molecule has 1 atom stereocenters. The minimum absolute atomic E-state index is 0.279. The fraction of sp³-hybridized carbons (Fsp3) is 0.250. The molecule has 0 aliphatic carbocycles. The largest absolute Gasteiger partial charge is 0.496 e. The fourth-order valence-electron chi connectivity index (χ4n) is 2.46. The molecule has 0 bridgehead atoms. The van der Waals surface area contributed by atoms with Crippen LogP contribution in [-0.4, -0.2) is 14.2 Å². The van der Waals surface area contributed by atoms with Crippen LogP contribution in [0.5, 0.6) is 11.5 Å². The fourth-order valence-corrected chi connectivity index (χ4v) is 2.46. The van der Waals surface area contributed by atoms with E-state index in [0.29, 0.717) is 11.5 Å². The lowest BCUT2D eigenvalue weighted by atomic mass is 9.94. The summed E-state index contributed by atoms with van der Waals surface area (Å²) in [4.78, 5) is 0. The number of benzene rings is 2. The Morgan fingerprint density at radius 2 is 1.71 bits per heavy atom. The van der Waals surface area contributed by atoms with E-state index in [1.807, 2.05) is 25.1 Å². The maximum Gasteiger partial charge on any atom is 0.127 e. The molecule has 5 heteroatoms. The van der Waals surface area contributed by atoms with Crippen LogP contribution in [-0.2, 0) is 0 Å². The molecule has 21 heavy (non-hydrogen) atoms. The number of nitrogens with two attached hydrogens (primary N) is 1. The maximum absolute atomic E-state index is 13.3. The topological polar surface area (TPSA) is 56.5 Å². The number of hydrogen-bond donors (Lipinski definition) is 2. The van der Waals surface area contributed by atoms with E-state index in [1.165, 1.54) is 12.1 Å². The highest BCUT2D eigenvalue weighted by molar-refractivity contribution is 5.51. The van der Waals surface area contributed by atoms with E-state index in [1.54, 1.807) is 20.3 Å². The van der Waals surface area contributed by atoms with Crippen LogP contribution < -0.4 is 20.7 Å². The molecule has 4 nitrogen and oxygen atoms in total. The van der Waals surface area contributed by atoms with Gasteiger partial charge in [0.25, 0.3) is 0 Å². The molecule has 2 rings (SSSR count). The molecule has 0 amide bonds. The van der Waals surface area contributed by atoms with Crippen molar-refractivity contribution in [1.29, 1.82) is 0 Å². The molecule has 1 unspecified atom stereocenters. The molecule has 3 N–H and O–H groups in total. The first-order chi connectivity index (χ1) is 10.1. The van der Waals surface area contributed by atoms with E-state index < -0.39 is 0 Å². The summed E-state index contributed by atoms with van der Waals surface area (Å²) < 4.78 is 24.1. The molecule has 0 saturated heterocycles. The van der Waals surface area contributed by atoms with Crippen molar-refractivity contribution in [2.75, 3.05) is 14.2 Å². The van der Waals surface area contributed by atoms with Gasteiger partial charge in [-0.25, -0.2) is 9.82 Å². The van der Waals surface area contributed by atoms with Crippen molar-refractivity contribution in [2.24, 2.45) is 5.84 Å². The highest BCUT2D eigenvalue weighted by atomic mass is 19.1. The number of aryl methyl sites for hydroxylation is 1. The molecule has 112 valence electrons. The molecule has 0 aliphatic heterocycles. The summed E-state index contributed by atoms with van der Waals surface area (Å²) in [7, 11) is 3.17. The Hall–Kier alpha value is -2.11. The molecular formula is C16H19FN2O2. The molecule has 0 saturated carbocycles. The van der Waals surface area contributed by atoms with E-state index in [2.05, 4.69) is 5.43 Å². The summed E-state index contributed by atoms with van der Waals surface area (Å²) in [5, 5.41) is 0. The zero-order valence-corrected chi connectivity index (χ0v) is 12.3. The predicted octanol–water partition coefficient (Wildman–Crippen LogP) is 2.70. The highest BCUT2D eigenvalue weighted by Gasteiger charge is 2.23. The Labute approximate surface area is 123 Å². The van der Waals surface area contributed by atoms with Crippen LogP contribution >= 0.6 is 0 Å². The Kier molecular flexibility index (Phi) is 4.77. The third-order valence-corrected chi connectivity index (χ3v) is 3.46. The van der Waals surface area contributed by atoms with Gasteiger partial charge in [-0.2, -0.15) is 0 Å². The monoisotopic (exact) mass is 290 g/mol. The van der Waals surface area contributed by atoms with Crippen molar-refractivity contribution in [3.05, 3.63) is 58.9 Å². The van der Waals surface area contributed by atoms with Gasteiger partial charge in [0.05, 0.1) is 25.8 Å². The minimum atomic E-state index is -0.364. The van der Waals surface area contributed by atoms with Crippen LogP contribution in [0, 0.1) is 12.7 Å². The van der Waals surface area contributed by atoms with Crippen molar-refractivity contribution >= 4 is 0 Å². The van der Waals surface area contributed by atoms with E-state index in [9.17, 15) is 4.39 Å². The first kappa shape index (κ1) is 15.3. The third kappa shape index (κ3) is 2.99. The van der Waals surface area contributed by atoms with Crippen LogP contribution in [0.25, 0.3) is 0 Å². The highest BCUT2D eigenvalue weighted by Crippen LogP contribution is 2.37. The van der Waals surface area contributed by atoms with Crippen molar-refractivity contribution in [2.45, 2.75) is 13.0 Å². The van der Waals surface area contributed by atoms with Gasteiger partial charge in [-0.3, -0.25) is 5.84 Å². The van der Waals surface area contributed by atoms with Gasteiger partial charge in [0.1, 0.15) is 17.3 Å². The molecule has 0 heterocycles. The van der Waals surface area contributed by atoms with Crippen LogP contribution in [0.2, 0.25) is 0 Å². The molecule has 2 aromatic carbocycles. The van der Waals surface area contributed by atoms with Crippen molar-refractivity contribution in [1.82, 2.24) is 5.43 Å². The zero-order chi connectivity index (χ0) is 15.4. The van der Waals surface area contributed by atoms with E-state index >= 15 is 0 Å². The first-order valence-electron chi connectivity index (χ1n) is 6.55. The van der Waals surface area contributed by atoms with Gasteiger partial charge in [-0.05, 0) is 42.3 Å². The molecule has 0 aliphatic rings. The average molecular weight is 290 g/mol. The normalized spacial score (nSPS) is 12.0. The van der Waals surface area contributed by atoms with Crippen molar-refractivity contribution in [3.63, 3.8) is 0 Å². The average Bonchev–Trinajstić information content (AvgIpc) is 2.49. The molecule has 0 spiro atoms. The van der Waals surface area contributed by atoms with Gasteiger partial charge >= 0.3 is 0 Å². The third-order valence-electron chi connectivity index (χ3n) is 3.46. The molecule has 0 aromatic heterocycles. The summed E-state index contributed by atoms with van der Waals surface area (Å²) in [6.07, 6.45) is 0. The number of halogens is 1. The summed E-state index contributed by atoms with van der Waals surface area (Å²) in [6, 6.07) is 9.74. The number of rotatable bonds is 5. The SMILES string of the molecule is COc1cccc(OC)c1C(NN)c1ccc(F)cc1C. The Morgan fingerprint density at radius 1 is 1.10 bits per heavy atom. The second-order valence-corrected chi connectivity index (χ2v) is 4.68. The standard InChI is InChI=1S/C16H19FN2O2/c1-10-9-11(17)7-8-12(10)16(19-18)15-13(20-2)5-4-6-14(15)21-3/h4-9,16,19H,18H2,1-3H3. The van der Waals surface area contributed by atoms with Gasteiger partial charge in [-0.1, -0.05) is 12.1 Å². The van der Waals surface area contributed by atoms with Gasteiger partial charge in [0.15, 0.2) is 0 Å². The summed E-state index contributed by atoms with van der Waals surface area (Å²) in [5.74, 6) is 6.76. The Bertz CT molecular complexity index is 609. The maximum atomic E-state index is 13.3. The quantitative estimate of drug-likeness (QED) is 0.656. The number of ether oxygens (including phenoxy) is 2. The van der Waals surface area contributed by atoms with E-state index in [0.717, 1.165) is 16.7 Å². The molecule has 0 fully saturated rings. The van der Waals surface area contributed by atoms with Crippen molar-refractivity contribution < 1.29 is 13.9 Å². The van der Waals surface area contributed by atoms with Gasteiger partial charge in [0.2, 0.25) is 0 Å². The van der Waals surface area contributed by atoms with Gasteiger partial charge < -0.3 is 9.47 Å². The van der Waals surface area contributed by atoms with Crippen LogP contribution in [0.15, 0.2) is 36.4 Å². The lowest BCUT2D eigenvalue weighted by molar-refractivity contribution is 0.377. The Balaban J connectivity index is 2.61. The number of nitrogens with one attached hydrogen (secondary N) is 1. The van der Waals surface area contributed by atoms with Crippen LogP contribution in [0.1, 0.15) is 22.7 Å². The number of methoxy groups -OCH3 is 2. The number of hydrogen-bond acceptors (Lipinski definition) is 4. The molecular weight excluding hydrogens is 271 g/mol. The van der Waals surface area contributed by atoms with Gasteiger partial charge in [-0.15, -0.1) is 0 Å². The minimum Gasteiger partial charge on any atom is -0.496 e. The summed E-state index contributed by atoms with van der Waals surface area (Å²) in [5.41, 5.74) is 5.20. The number of hydrazine groups is 1. The van der Waals surface area contributed by atoms with E-state index in [4.69, 9.17) is 15.3 Å². The van der Waals surface area contributed by atoms with Crippen molar-refractivity contribution in [3.8, 4) is 11.5 Å². The second-order valence-electron chi connectivity index (χ2n) is 4.68. The lowest BCUT2D eigenvalue weighted by Gasteiger charge is -2.23. The first-order valence-corrected chi connectivity index (χ1v) is 6.55. The Morgan fingerprint density at radius 3 is 2.19 bits per heavy atom. The molecule has 2 aromatic rings. The summed E-state index contributed by atoms with van der Waals surface area (Å²) >= 11 is 0. The lowest BCUT2D eigenvalue weighted by Crippen LogP contribution is -2.30. The molecule has 0 radical (unpaired) electrons. The second kappa shape index (κ2) is 6.56. The van der Waals surface area contributed by atoms with E-state index in [-0.39, 0.29) is 11.9 Å². The zero-order valence-electron chi connectivity index (χ0n) is 12.3.